The molecule has 20 heavy (non-hydrogen) atoms. The summed E-state index contributed by atoms with van der Waals surface area (Å²) in [5, 5.41) is 7.42. The zero-order valence-corrected chi connectivity index (χ0v) is 13.6. The van der Waals surface area contributed by atoms with Crippen molar-refractivity contribution in [1.82, 2.24) is 9.78 Å². The summed E-state index contributed by atoms with van der Waals surface area (Å²) in [6.45, 7) is 5.11. The van der Waals surface area contributed by atoms with E-state index in [2.05, 4.69) is 36.4 Å². The zero-order valence-electron chi connectivity index (χ0n) is 12.1. The van der Waals surface area contributed by atoms with Gasteiger partial charge in [0.15, 0.2) is 0 Å². The van der Waals surface area contributed by atoms with E-state index in [1.165, 1.54) is 10.9 Å². The molecule has 0 spiro atoms. The summed E-state index contributed by atoms with van der Waals surface area (Å²) in [6, 6.07) is 0. The Labute approximate surface area is 129 Å². The molecule has 1 aromatic rings. The second kappa shape index (κ2) is 7.61. The van der Waals surface area contributed by atoms with Crippen LogP contribution in [0.4, 0.5) is 5.69 Å². The molecule has 1 aromatic heterocycles. The zero-order chi connectivity index (χ0) is 15.2. The Morgan fingerprint density at radius 1 is 1.55 bits per heavy atom. The Bertz CT molecular complexity index is 538. The number of halogens is 1. The highest BCUT2D eigenvalue weighted by Crippen LogP contribution is 2.31. The van der Waals surface area contributed by atoms with Gasteiger partial charge in [-0.15, -0.1) is 6.42 Å². The number of hydrogen-bond acceptors (Lipinski definition) is 4. The molecule has 0 aromatic carbocycles. The van der Waals surface area contributed by atoms with Crippen molar-refractivity contribution >= 4 is 29.1 Å². The first kappa shape index (κ1) is 16.9. The quantitative estimate of drug-likeness (QED) is 0.786. The summed E-state index contributed by atoms with van der Waals surface area (Å²) >= 11 is 7.86. The fourth-order valence-electron chi connectivity index (χ4n) is 1.94. The maximum absolute atomic E-state index is 12.2. The number of thioether (sulfide) groups is 1. The molecule has 0 atom stereocenters. The van der Waals surface area contributed by atoms with Gasteiger partial charge in [-0.2, -0.15) is 16.9 Å². The van der Waals surface area contributed by atoms with Gasteiger partial charge in [-0.05, 0) is 19.1 Å². The predicted molar refractivity (Wildman–Crippen MR) is 87.7 cm³/mol. The molecule has 0 aliphatic heterocycles. The predicted octanol–water partition coefficient (Wildman–Crippen LogP) is 2.86. The van der Waals surface area contributed by atoms with Crippen molar-refractivity contribution in [2.75, 3.05) is 18.1 Å². The van der Waals surface area contributed by atoms with Crippen molar-refractivity contribution in [2.24, 2.45) is 0 Å². The van der Waals surface area contributed by atoms with E-state index in [0.717, 1.165) is 12.8 Å². The minimum absolute atomic E-state index is 0.0932. The van der Waals surface area contributed by atoms with Crippen molar-refractivity contribution in [2.45, 2.75) is 38.0 Å². The van der Waals surface area contributed by atoms with E-state index < -0.39 is 0 Å². The monoisotopic (exact) mass is 313 g/mol. The molecule has 4 nitrogen and oxygen atoms in total. The maximum atomic E-state index is 12.2. The lowest BCUT2D eigenvalue weighted by Crippen LogP contribution is -2.35. The third-order valence-corrected chi connectivity index (χ3v) is 5.42. The first-order valence-electron chi connectivity index (χ1n) is 6.51. The van der Waals surface area contributed by atoms with Crippen molar-refractivity contribution in [3.05, 3.63) is 21.6 Å². The van der Waals surface area contributed by atoms with Crippen LogP contribution in [0.3, 0.4) is 0 Å². The second-order valence-corrected chi connectivity index (χ2v) is 6.16. The molecular formula is C14H20ClN3OS. The topological polar surface area (TPSA) is 46.9 Å². The Balaban J connectivity index is 3.01. The molecule has 0 saturated carbocycles. The number of terminal acetylenes is 1. The number of aromatic nitrogens is 2. The normalized spacial score (nSPS) is 11.2. The third-order valence-electron chi connectivity index (χ3n) is 3.55. The van der Waals surface area contributed by atoms with Crippen molar-refractivity contribution in [3.63, 3.8) is 0 Å². The molecule has 0 amide bonds. The Hall–Kier alpha value is -1.12. The van der Waals surface area contributed by atoms with Crippen LogP contribution in [0.15, 0.2) is 11.0 Å². The van der Waals surface area contributed by atoms with E-state index >= 15 is 0 Å². The minimum atomic E-state index is -0.280. The number of anilines is 1. The third kappa shape index (κ3) is 3.71. The number of hydrogen-bond donors (Lipinski definition) is 1. The van der Waals surface area contributed by atoms with Crippen LogP contribution in [0.2, 0.25) is 5.02 Å². The van der Waals surface area contributed by atoms with Gasteiger partial charge in [-0.3, -0.25) is 4.79 Å². The highest BCUT2D eigenvalue weighted by molar-refractivity contribution is 8.00. The second-order valence-electron chi connectivity index (χ2n) is 4.48. The van der Waals surface area contributed by atoms with E-state index in [1.807, 2.05) is 0 Å². The Morgan fingerprint density at radius 3 is 2.70 bits per heavy atom. The van der Waals surface area contributed by atoms with Crippen molar-refractivity contribution < 1.29 is 0 Å². The first-order valence-corrected chi connectivity index (χ1v) is 8.12. The molecule has 0 aliphatic carbocycles. The van der Waals surface area contributed by atoms with Crippen LogP contribution in [0.25, 0.3) is 0 Å². The maximum Gasteiger partial charge on any atom is 0.292 e. The number of nitrogens with one attached hydrogen (secondary N) is 1. The summed E-state index contributed by atoms with van der Waals surface area (Å²) in [5.74, 6) is 2.40. The molecule has 1 rings (SSSR count). The van der Waals surface area contributed by atoms with Crippen LogP contribution >= 0.6 is 23.4 Å². The van der Waals surface area contributed by atoms with Gasteiger partial charge >= 0.3 is 0 Å². The van der Waals surface area contributed by atoms with Crippen LogP contribution in [0, 0.1) is 12.3 Å². The summed E-state index contributed by atoms with van der Waals surface area (Å²) in [7, 11) is 0. The molecule has 0 aliphatic rings. The van der Waals surface area contributed by atoms with Crippen LogP contribution in [0.1, 0.15) is 26.7 Å². The van der Waals surface area contributed by atoms with E-state index in [0.29, 0.717) is 17.3 Å². The van der Waals surface area contributed by atoms with Crippen LogP contribution in [-0.2, 0) is 6.54 Å². The lowest BCUT2D eigenvalue weighted by Gasteiger charge is -2.30. The van der Waals surface area contributed by atoms with Gasteiger partial charge in [0.05, 0.1) is 11.2 Å². The molecule has 6 heteroatoms. The lowest BCUT2D eigenvalue weighted by molar-refractivity contribution is 0.573. The largest absolute Gasteiger partial charge is 0.378 e. The SMILES string of the molecule is C#CCn1ncc(Cl)c(NCC(CC)(CC)SC)c1=O. The van der Waals surface area contributed by atoms with Gasteiger partial charge in [-0.1, -0.05) is 31.4 Å². The molecule has 0 fully saturated rings. The van der Waals surface area contributed by atoms with Crippen LogP contribution < -0.4 is 10.9 Å². The van der Waals surface area contributed by atoms with E-state index in [1.54, 1.807) is 11.8 Å². The molecular weight excluding hydrogens is 294 g/mol. The van der Waals surface area contributed by atoms with E-state index in [-0.39, 0.29) is 16.9 Å². The summed E-state index contributed by atoms with van der Waals surface area (Å²) < 4.78 is 1.32. The van der Waals surface area contributed by atoms with Gasteiger partial charge in [0.2, 0.25) is 0 Å². The smallest absolute Gasteiger partial charge is 0.292 e. The molecule has 1 heterocycles. The molecule has 0 unspecified atom stereocenters. The van der Waals surface area contributed by atoms with E-state index in [9.17, 15) is 4.79 Å². The van der Waals surface area contributed by atoms with Crippen molar-refractivity contribution in [1.29, 1.82) is 0 Å². The average molecular weight is 314 g/mol. The highest BCUT2D eigenvalue weighted by Gasteiger charge is 2.25. The van der Waals surface area contributed by atoms with E-state index in [4.69, 9.17) is 18.0 Å². The van der Waals surface area contributed by atoms with Crippen molar-refractivity contribution in [3.8, 4) is 12.3 Å². The number of rotatable bonds is 7. The fraction of sp³-hybridized carbons (Fsp3) is 0.571. The first-order chi connectivity index (χ1) is 9.53. The molecule has 1 N–H and O–H groups in total. The van der Waals surface area contributed by atoms with Gasteiger partial charge in [0, 0.05) is 11.3 Å². The summed E-state index contributed by atoms with van der Waals surface area (Å²) in [6.07, 6.45) is 10.8. The average Bonchev–Trinajstić information content (AvgIpc) is 2.47. The summed E-state index contributed by atoms with van der Waals surface area (Å²) in [4.78, 5) is 12.2. The fourth-order valence-corrected chi connectivity index (χ4v) is 2.92. The van der Waals surface area contributed by atoms with Gasteiger partial charge < -0.3 is 5.32 Å². The Kier molecular flexibility index (Phi) is 6.44. The highest BCUT2D eigenvalue weighted by atomic mass is 35.5. The molecule has 110 valence electrons. The van der Waals surface area contributed by atoms with Gasteiger partial charge in [-0.25, -0.2) is 4.68 Å². The molecule has 0 saturated heterocycles. The minimum Gasteiger partial charge on any atom is -0.378 e. The lowest BCUT2D eigenvalue weighted by atomic mass is 10.0. The standard InChI is InChI=1S/C14H20ClN3OS/c1-5-8-18-13(19)12(11(15)9-17-18)16-10-14(6-2,7-3)20-4/h1,9,16H,6-8,10H2,2-4H3. The number of nitrogens with zero attached hydrogens (tertiary/aromatic N) is 2. The summed E-state index contributed by atoms with van der Waals surface area (Å²) in [5.41, 5.74) is 0.0925. The Morgan fingerprint density at radius 2 is 2.20 bits per heavy atom. The van der Waals surface area contributed by atoms with Crippen LogP contribution in [-0.4, -0.2) is 27.3 Å². The van der Waals surface area contributed by atoms with Gasteiger partial charge in [0.25, 0.3) is 5.56 Å². The van der Waals surface area contributed by atoms with Gasteiger partial charge in [0.1, 0.15) is 12.2 Å². The molecule has 0 bridgehead atoms. The molecule has 0 radical (unpaired) electrons. The van der Waals surface area contributed by atoms with Crippen LogP contribution in [0.5, 0.6) is 0 Å².